The fourth-order valence-corrected chi connectivity index (χ4v) is 1.90. The van der Waals surface area contributed by atoms with Gasteiger partial charge in [-0.3, -0.25) is 4.79 Å². The van der Waals surface area contributed by atoms with Gasteiger partial charge in [-0.1, -0.05) is 74.5 Å². The third-order valence-electron chi connectivity index (χ3n) is 3.08. The lowest BCUT2D eigenvalue weighted by atomic mass is 10.0. The van der Waals surface area contributed by atoms with E-state index in [0.29, 0.717) is 17.0 Å². The molecule has 1 atom stereocenters. The number of ketones is 1. The van der Waals surface area contributed by atoms with Crippen molar-refractivity contribution in [3.8, 4) is 0 Å². The van der Waals surface area contributed by atoms with E-state index in [9.17, 15) is 9.90 Å². The molecule has 0 aliphatic carbocycles. The van der Waals surface area contributed by atoms with Crippen LogP contribution in [0.3, 0.4) is 0 Å². The molecule has 0 bridgehead atoms. The molecule has 1 unspecified atom stereocenters. The van der Waals surface area contributed by atoms with E-state index in [1.165, 1.54) is 0 Å². The van der Waals surface area contributed by atoms with E-state index in [1.54, 1.807) is 48.5 Å². The molecular formula is C20H26O3. The van der Waals surface area contributed by atoms with Crippen molar-refractivity contribution in [2.45, 2.75) is 26.9 Å². The summed E-state index contributed by atoms with van der Waals surface area (Å²) < 4.78 is 5.09. The molecule has 2 rings (SSSR count). The third-order valence-corrected chi connectivity index (χ3v) is 3.08. The molecule has 0 saturated carbocycles. The van der Waals surface area contributed by atoms with Crippen molar-refractivity contribution in [3.05, 3.63) is 71.8 Å². The fourth-order valence-electron chi connectivity index (χ4n) is 1.90. The molecule has 0 aliphatic heterocycles. The number of aliphatic hydroxyl groups is 1. The first-order valence-corrected chi connectivity index (χ1v) is 7.96. The first-order valence-electron chi connectivity index (χ1n) is 7.96. The number of benzene rings is 2. The second kappa shape index (κ2) is 10.7. The Morgan fingerprint density at radius 3 is 1.96 bits per heavy atom. The number of hydrogen-bond donors (Lipinski definition) is 1. The Balaban J connectivity index is 0.000000322. The van der Waals surface area contributed by atoms with Crippen molar-refractivity contribution in [2.75, 3.05) is 13.2 Å². The molecule has 0 fully saturated rings. The molecule has 2 aromatic rings. The van der Waals surface area contributed by atoms with Gasteiger partial charge >= 0.3 is 0 Å². The van der Waals surface area contributed by atoms with Crippen LogP contribution in [0.1, 0.15) is 42.8 Å². The molecule has 124 valence electrons. The van der Waals surface area contributed by atoms with Crippen LogP contribution in [-0.2, 0) is 4.74 Å². The maximum atomic E-state index is 11.9. The van der Waals surface area contributed by atoms with Crippen LogP contribution in [0.15, 0.2) is 60.7 Å². The molecular weight excluding hydrogens is 288 g/mol. The van der Waals surface area contributed by atoms with Crippen LogP contribution in [0.4, 0.5) is 0 Å². The maximum absolute atomic E-state index is 11.9. The highest BCUT2D eigenvalue weighted by Crippen LogP contribution is 2.17. The van der Waals surface area contributed by atoms with Crippen LogP contribution in [0.2, 0.25) is 0 Å². The highest BCUT2D eigenvalue weighted by Gasteiger charge is 2.18. The summed E-state index contributed by atoms with van der Waals surface area (Å²) in [6, 6.07) is 17.7. The Morgan fingerprint density at radius 2 is 1.52 bits per heavy atom. The Hall–Kier alpha value is -1.97. The van der Waals surface area contributed by atoms with Gasteiger partial charge in [0.05, 0.1) is 0 Å². The molecule has 3 nitrogen and oxygen atoms in total. The zero-order valence-electron chi connectivity index (χ0n) is 14.1. The van der Waals surface area contributed by atoms with Gasteiger partial charge in [0.15, 0.2) is 5.78 Å². The summed E-state index contributed by atoms with van der Waals surface area (Å²) in [7, 11) is 0. The normalized spacial score (nSPS) is 11.5. The summed E-state index contributed by atoms with van der Waals surface area (Å²) in [6.45, 7) is 8.06. The Morgan fingerprint density at radius 1 is 1.00 bits per heavy atom. The van der Waals surface area contributed by atoms with Gasteiger partial charge in [-0.25, -0.2) is 0 Å². The lowest BCUT2D eigenvalue weighted by Crippen LogP contribution is -2.11. The monoisotopic (exact) mass is 314 g/mol. The van der Waals surface area contributed by atoms with Crippen LogP contribution in [0.5, 0.6) is 0 Å². The molecule has 1 N–H and O–H groups in total. The van der Waals surface area contributed by atoms with Crippen LogP contribution in [0.25, 0.3) is 0 Å². The summed E-state index contributed by atoms with van der Waals surface area (Å²) in [5, 5.41) is 9.89. The van der Waals surface area contributed by atoms with Crippen molar-refractivity contribution in [2.24, 2.45) is 5.92 Å². The number of carbonyl (C=O) groups is 1. The first kappa shape index (κ1) is 19.1. The Kier molecular flexibility index (Phi) is 8.88. The van der Waals surface area contributed by atoms with Crippen LogP contribution < -0.4 is 0 Å². The van der Waals surface area contributed by atoms with Gasteiger partial charge in [0, 0.05) is 18.8 Å². The van der Waals surface area contributed by atoms with Gasteiger partial charge in [0.2, 0.25) is 0 Å². The predicted molar refractivity (Wildman–Crippen MR) is 93.5 cm³/mol. The number of Topliss-reactive ketones (excluding diaryl/α,β-unsaturated/α-hetero) is 1. The van der Waals surface area contributed by atoms with Crippen molar-refractivity contribution in [1.29, 1.82) is 0 Å². The highest BCUT2D eigenvalue weighted by atomic mass is 16.5. The van der Waals surface area contributed by atoms with Crippen LogP contribution in [-0.4, -0.2) is 24.1 Å². The summed E-state index contributed by atoms with van der Waals surface area (Å²) in [5.74, 6) is 0.409. The minimum Gasteiger partial charge on any atom is -0.381 e. The van der Waals surface area contributed by atoms with E-state index in [2.05, 4.69) is 13.8 Å². The quantitative estimate of drug-likeness (QED) is 0.809. The lowest BCUT2D eigenvalue weighted by Gasteiger charge is -2.09. The van der Waals surface area contributed by atoms with Crippen LogP contribution >= 0.6 is 0 Å². The molecule has 3 heteroatoms. The standard InChI is InChI=1S/C14H12O2.C6H14O/c15-13(11-7-3-1-4-8-11)14(16)12-9-5-2-6-10-12;1-4-7-5-6(2)3/h1-10,13,15H;6H,4-5H2,1-3H3. The molecule has 0 aromatic heterocycles. The van der Waals surface area contributed by atoms with Gasteiger partial charge in [-0.15, -0.1) is 0 Å². The Bertz CT molecular complexity index is 550. The second-order valence-corrected chi connectivity index (χ2v) is 5.60. The highest BCUT2D eigenvalue weighted by molar-refractivity contribution is 5.99. The molecule has 0 heterocycles. The topological polar surface area (TPSA) is 46.5 Å². The van der Waals surface area contributed by atoms with Gasteiger partial charge < -0.3 is 9.84 Å². The molecule has 0 aliphatic rings. The molecule has 0 radical (unpaired) electrons. The van der Waals surface area contributed by atoms with Gasteiger partial charge in [-0.2, -0.15) is 0 Å². The summed E-state index contributed by atoms with van der Waals surface area (Å²) >= 11 is 0. The van der Waals surface area contributed by atoms with Gasteiger partial charge in [-0.05, 0) is 18.4 Å². The van der Waals surface area contributed by atoms with Crippen molar-refractivity contribution in [1.82, 2.24) is 0 Å². The lowest BCUT2D eigenvalue weighted by molar-refractivity contribution is 0.0747. The largest absolute Gasteiger partial charge is 0.381 e. The van der Waals surface area contributed by atoms with E-state index < -0.39 is 6.10 Å². The Labute approximate surface area is 138 Å². The van der Waals surface area contributed by atoms with E-state index in [-0.39, 0.29) is 5.78 Å². The SMILES string of the molecule is CCOCC(C)C.O=C(c1ccccc1)C(O)c1ccccc1. The molecule has 2 aromatic carbocycles. The minimum atomic E-state index is -1.08. The maximum Gasteiger partial charge on any atom is 0.195 e. The average Bonchev–Trinajstić information content (AvgIpc) is 2.60. The van der Waals surface area contributed by atoms with E-state index >= 15 is 0 Å². The molecule has 0 saturated heterocycles. The summed E-state index contributed by atoms with van der Waals surface area (Å²) in [6.07, 6.45) is -1.08. The first-order chi connectivity index (χ1) is 11.1. The number of carbonyl (C=O) groups excluding carboxylic acids is 1. The van der Waals surface area contributed by atoms with Crippen LogP contribution in [0, 0.1) is 5.92 Å². The zero-order valence-corrected chi connectivity index (χ0v) is 14.1. The molecule has 23 heavy (non-hydrogen) atoms. The fraction of sp³-hybridized carbons (Fsp3) is 0.350. The van der Waals surface area contributed by atoms with Gasteiger partial charge in [0.1, 0.15) is 6.10 Å². The van der Waals surface area contributed by atoms with E-state index in [4.69, 9.17) is 4.74 Å². The van der Waals surface area contributed by atoms with E-state index in [0.717, 1.165) is 13.2 Å². The minimum absolute atomic E-state index is 0.271. The van der Waals surface area contributed by atoms with E-state index in [1.807, 2.05) is 19.1 Å². The molecule has 0 amide bonds. The zero-order chi connectivity index (χ0) is 17.1. The summed E-state index contributed by atoms with van der Waals surface area (Å²) in [5.41, 5.74) is 1.15. The van der Waals surface area contributed by atoms with Crippen molar-refractivity contribution >= 4 is 5.78 Å². The van der Waals surface area contributed by atoms with Crippen molar-refractivity contribution < 1.29 is 14.6 Å². The number of rotatable bonds is 6. The molecule has 0 spiro atoms. The van der Waals surface area contributed by atoms with Crippen molar-refractivity contribution in [3.63, 3.8) is 0 Å². The predicted octanol–water partition coefficient (Wildman–Crippen LogP) is 4.28. The number of ether oxygens (including phenoxy) is 1. The second-order valence-electron chi connectivity index (χ2n) is 5.60. The third kappa shape index (κ3) is 7.22. The average molecular weight is 314 g/mol. The van der Waals surface area contributed by atoms with Gasteiger partial charge in [0.25, 0.3) is 0 Å². The number of aliphatic hydroxyl groups excluding tert-OH is 1. The summed E-state index contributed by atoms with van der Waals surface area (Å²) in [4.78, 5) is 11.9. The number of hydrogen-bond acceptors (Lipinski definition) is 3. The smallest absolute Gasteiger partial charge is 0.195 e.